The Morgan fingerprint density at radius 2 is 2.29 bits per heavy atom. The van der Waals surface area contributed by atoms with Gasteiger partial charge in [0.15, 0.2) is 0 Å². The SMILES string of the molecule is COc1ccc(N)c2[nH]cc(C#N)c12. The largest absolute Gasteiger partial charge is 0.496 e. The molecule has 1 aromatic heterocycles. The summed E-state index contributed by atoms with van der Waals surface area (Å²) < 4.78 is 5.16. The van der Waals surface area contributed by atoms with Gasteiger partial charge >= 0.3 is 0 Å². The van der Waals surface area contributed by atoms with Gasteiger partial charge in [-0.05, 0) is 12.1 Å². The average Bonchev–Trinajstić information content (AvgIpc) is 2.63. The lowest BCUT2D eigenvalue weighted by atomic mass is 10.1. The first-order chi connectivity index (χ1) is 6.77. The van der Waals surface area contributed by atoms with Crippen LogP contribution in [-0.2, 0) is 0 Å². The minimum Gasteiger partial charge on any atom is -0.496 e. The van der Waals surface area contributed by atoms with Crippen molar-refractivity contribution in [2.24, 2.45) is 0 Å². The molecule has 0 saturated heterocycles. The molecular weight excluding hydrogens is 178 g/mol. The summed E-state index contributed by atoms with van der Waals surface area (Å²) in [6.07, 6.45) is 1.63. The Bertz CT molecular complexity index is 522. The lowest BCUT2D eigenvalue weighted by Crippen LogP contribution is -1.89. The van der Waals surface area contributed by atoms with E-state index in [9.17, 15) is 0 Å². The number of nitrogen functional groups attached to an aromatic ring is 1. The third-order valence-corrected chi connectivity index (χ3v) is 2.17. The molecule has 0 fully saturated rings. The summed E-state index contributed by atoms with van der Waals surface area (Å²) in [7, 11) is 1.57. The number of aromatic nitrogens is 1. The Balaban J connectivity index is 2.90. The molecule has 1 heterocycles. The number of nitriles is 1. The van der Waals surface area contributed by atoms with Gasteiger partial charge in [0.25, 0.3) is 0 Å². The highest BCUT2D eigenvalue weighted by Gasteiger charge is 2.10. The Labute approximate surface area is 80.9 Å². The zero-order chi connectivity index (χ0) is 10.1. The molecule has 0 amide bonds. The second-order valence-electron chi connectivity index (χ2n) is 2.92. The smallest absolute Gasteiger partial charge is 0.129 e. The van der Waals surface area contributed by atoms with Crippen molar-refractivity contribution < 1.29 is 4.74 Å². The van der Waals surface area contributed by atoms with E-state index in [4.69, 9.17) is 15.7 Å². The topological polar surface area (TPSA) is 74.8 Å². The number of nitrogens with two attached hydrogens (primary N) is 1. The first-order valence-electron chi connectivity index (χ1n) is 4.11. The van der Waals surface area contributed by atoms with Gasteiger partial charge in [0.1, 0.15) is 11.8 Å². The monoisotopic (exact) mass is 187 g/mol. The summed E-state index contributed by atoms with van der Waals surface area (Å²) in [5.74, 6) is 0.659. The summed E-state index contributed by atoms with van der Waals surface area (Å²) in [4.78, 5) is 2.95. The summed E-state index contributed by atoms with van der Waals surface area (Å²) in [5, 5.41) is 9.61. The fourth-order valence-corrected chi connectivity index (χ4v) is 1.50. The second-order valence-corrected chi connectivity index (χ2v) is 2.92. The number of hydrogen-bond donors (Lipinski definition) is 2. The van der Waals surface area contributed by atoms with Crippen LogP contribution in [0.1, 0.15) is 5.56 Å². The molecule has 14 heavy (non-hydrogen) atoms. The standard InChI is InChI=1S/C10H9N3O/c1-14-8-3-2-7(12)10-9(8)6(4-11)5-13-10/h2-3,5,13H,12H2,1H3. The highest BCUT2D eigenvalue weighted by Crippen LogP contribution is 2.31. The Hall–Kier alpha value is -2.15. The number of aromatic amines is 1. The number of ether oxygens (including phenoxy) is 1. The zero-order valence-corrected chi connectivity index (χ0v) is 7.66. The van der Waals surface area contributed by atoms with Crippen LogP contribution in [-0.4, -0.2) is 12.1 Å². The Morgan fingerprint density at radius 3 is 2.93 bits per heavy atom. The van der Waals surface area contributed by atoms with E-state index in [1.807, 2.05) is 0 Å². The van der Waals surface area contributed by atoms with Crippen molar-refractivity contribution in [1.82, 2.24) is 4.98 Å². The molecule has 0 aliphatic carbocycles. The number of hydrogen-bond acceptors (Lipinski definition) is 3. The molecule has 0 aliphatic heterocycles. The van der Waals surface area contributed by atoms with Crippen LogP contribution in [0.4, 0.5) is 5.69 Å². The van der Waals surface area contributed by atoms with E-state index in [-0.39, 0.29) is 0 Å². The fraction of sp³-hybridized carbons (Fsp3) is 0.100. The molecule has 4 nitrogen and oxygen atoms in total. The molecule has 3 N–H and O–H groups in total. The van der Waals surface area contributed by atoms with Crippen LogP contribution in [0.2, 0.25) is 0 Å². The molecule has 4 heteroatoms. The molecule has 0 unspecified atom stereocenters. The van der Waals surface area contributed by atoms with Crippen molar-refractivity contribution in [3.05, 3.63) is 23.9 Å². The van der Waals surface area contributed by atoms with Crippen LogP contribution in [0.15, 0.2) is 18.3 Å². The predicted molar refractivity (Wildman–Crippen MR) is 54.0 cm³/mol. The van der Waals surface area contributed by atoms with Gasteiger partial charge in [-0.3, -0.25) is 0 Å². The lowest BCUT2D eigenvalue weighted by molar-refractivity contribution is 0.420. The van der Waals surface area contributed by atoms with Gasteiger partial charge in [-0.1, -0.05) is 0 Å². The Morgan fingerprint density at radius 1 is 1.50 bits per heavy atom. The van der Waals surface area contributed by atoms with E-state index in [0.29, 0.717) is 17.0 Å². The quantitative estimate of drug-likeness (QED) is 0.666. The number of fused-ring (bicyclic) bond motifs is 1. The fourth-order valence-electron chi connectivity index (χ4n) is 1.50. The van der Waals surface area contributed by atoms with Crippen LogP contribution < -0.4 is 10.5 Å². The number of nitrogens with one attached hydrogen (secondary N) is 1. The summed E-state index contributed by atoms with van der Waals surface area (Å²) >= 11 is 0. The minimum absolute atomic E-state index is 0.546. The van der Waals surface area contributed by atoms with Gasteiger partial charge in [0.2, 0.25) is 0 Å². The second kappa shape index (κ2) is 2.96. The highest BCUT2D eigenvalue weighted by atomic mass is 16.5. The molecule has 0 radical (unpaired) electrons. The maximum atomic E-state index is 8.87. The number of rotatable bonds is 1. The van der Waals surface area contributed by atoms with E-state index >= 15 is 0 Å². The van der Waals surface area contributed by atoms with Gasteiger partial charge < -0.3 is 15.5 Å². The number of anilines is 1. The number of benzene rings is 1. The van der Waals surface area contributed by atoms with Crippen molar-refractivity contribution in [2.75, 3.05) is 12.8 Å². The van der Waals surface area contributed by atoms with Crippen LogP contribution in [0.3, 0.4) is 0 Å². The van der Waals surface area contributed by atoms with E-state index < -0.39 is 0 Å². The molecular formula is C10H9N3O. The number of methoxy groups -OCH3 is 1. The lowest BCUT2D eigenvalue weighted by Gasteiger charge is -2.03. The van der Waals surface area contributed by atoms with Crippen molar-refractivity contribution >= 4 is 16.6 Å². The third-order valence-electron chi connectivity index (χ3n) is 2.17. The van der Waals surface area contributed by atoms with Crippen LogP contribution in [0.5, 0.6) is 5.75 Å². The molecule has 0 saturated carbocycles. The molecule has 0 atom stereocenters. The van der Waals surface area contributed by atoms with Crippen LogP contribution in [0.25, 0.3) is 10.9 Å². The maximum absolute atomic E-state index is 8.87. The molecule has 2 aromatic rings. The zero-order valence-electron chi connectivity index (χ0n) is 7.66. The number of H-pyrrole nitrogens is 1. The third kappa shape index (κ3) is 0.995. The predicted octanol–water partition coefficient (Wildman–Crippen LogP) is 1.63. The summed E-state index contributed by atoms with van der Waals surface area (Å²) in [5.41, 5.74) is 7.66. The first kappa shape index (κ1) is 8.45. The van der Waals surface area contributed by atoms with Crippen molar-refractivity contribution in [3.8, 4) is 11.8 Å². The number of nitrogens with zero attached hydrogens (tertiary/aromatic N) is 1. The molecule has 0 spiro atoms. The van der Waals surface area contributed by atoms with E-state index in [1.165, 1.54) is 0 Å². The molecule has 2 rings (SSSR count). The van der Waals surface area contributed by atoms with Gasteiger partial charge in [-0.2, -0.15) is 5.26 Å². The van der Waals surface area contributed by atoms with E-state index in [2.05, 4.69) is 11.1 Å². The normalized spacial score (nSPS) is 10.0. The summed E-state index contributed by atoms with van der Waals surface area (Å²) in [6.45, 7) is 0. The highest BCUT2D eigenvalue weighted by molar-refractivity contribution is 5.98. The van der Waals surface area contributed by atoms with Gasteiger partial charge in [0.05, 0.1) is 29.3 Å². The van der Waals surface area contributed by atoms with Crippen molar-refractivity contribution in [3.63, 3.8) is 0 Å². The van der Waals surface area contributed by atoms with Crippen LogP contribution in [0, 0.1) is 11.3 Å². The van der Waals surface area contributed by atoms with Crippen molar-refractivity contribution in [1.29, 1.82) is 5.26 Å². The molecule has 1 aromatic carbocycles. The molecule has 0 aliphatic rings. The van der Waals surface area contributed by atoms with E-state index in [1.54, 1.807) is 25.4 Å². The van der Waals surface area contributed by atoms with Gasteiger partial charge in [-0.25, -0.2) is 0 Å². The average molecular weight is 187 g/mol. The van der Waals surface area contributed by atoms with Crippen LogP contribution >= 0.6 is 0 Å². The Kier molecular flexibility index (Phi) is 1.79. The summed E-state index contributed by atoms with van der Waals surface area (Å²) in [6, 6.07) is 5.59. The van der Waals surface area contributed by atoms with Gasteiger partial charge in [0, 0.05) is 6.20 Å². The molecule has 70 valence electrons. The minimum atomic E-state index is 0.546. The van der Waals surface area contributed by atoms with Crippen molar-refractivity contribution in [2.45, 2.75) is 0 Å². The van der Waals surface area contributed by atoms with E-state index in [0.717, 1.165) is 10.9 Å². The van der Waals surface area contributed by atoms with Gasteiger partial charge in [-0.15, -0.1) is 0 Å². The molecule has 0 bridgehead atoms. The maximum Gasteiger partial charge on any atom is 0.129 e. The first-order valence-corrected chi connectivity index (χ1v) is 4.11.